The first-order valence-electron chi connectivity index (χ1n) is 11.8. The number of benzene rings is 3. The first-order valence-corrected chi connectivity index (χ1v) is 14.5. The van der Waals surface area contributed by atoms with Crippen LogP contribution < -0.4 is 9.64 Å². The molecule has 0 N–H and O–H groups in total. The van der Waals surface area contributed by atoms with Gasteiger partial charge in [-0.3, -0.25) is 9.69 Å². The number of para-hydroxylation sites is 1. The summed E-state index contributed by atoms with van der Waals surface area (Å²) in [6.45, 7) is 7.05. The summed E-state index contributed by atoms with van der Waals surface area (Å²) in [6, 6.07) is 21.4. The van der Waals surface area contributed by atoms with Gasteiger partial charge in [-0.2, -0.15) is 0 Å². The van der Waals surface area contributed by atoms with E-state index in [2.05, 4.69) is 23.7 Å². The van der Waals surface area contributed by atoms with E-state index >= 15 is 0 Å². The molecule has 0 saturated carbocycles. The van der Waals surface area contributed by atoms with Gasteiger partial charge in [-0.25, -0.2) is 13.4 Å². The number of carbonyl (C=O) groups is 1. The molecule has 0 unspecified atom stereocenters. The lowest BCUT2D eigenvalue weighted by Gasteiger charge is -2.25. The van der Waals surface area contributed by atoms with Crippen LogP contribution >= 0.6 is 23.7 Å². The summed E-state index contributed by atoms with van der Waals surface area (Å²) in [5, 5.41) is 0.530. The van der Waals surface area contributed by atoms with Crippen LogP contribution in [0.5, 0.6) is 11.5 Å². The molecule has 37 heavy (non-hydrogen) atoms. The van der Waals surface area contributed by atoms with Gasteiger partial charge < -0.3 is 9.64 Å². The third kappa shape index (κ3) is 7.07. The Labute approximate surface area is 228 Å². The van der Waals surface area contributed by atoms with Crippen molar-refractivity contribution < 1.29 is 17.9 Å². The largest absolute Gasteiger partial charge is 0.457 e. The number of fused-ring (bicyclic) bond motifs is 1. The Balaban J connectivity index is 0.00000380. The molecule has 1 amide bonds. The van der Waals surface area contributed by atoms with Crippen molar-refractivity contribution in [2.45, 2.75) is 18.7 Å². The average molecular weight is 560 g/mol. The Kier molecular flexibility index (Phi) is 9.67. The molecule has 3 aromatic carbocycles. The maximum Gasteiger partial charge on any atom is 0.260 e. The van der Waals surface area contributed by atoms with Crippen molar-refractivity contribution in [2.75, 3.05) is 37.3 Å². The number of rotatable bonds is 10. The molecule has 4 rings (SSSR count). The molecule has 0 aliphatic carbocycles. The van der Waals surface area contributed by atoms with Crippen molar-refractivity contribution in [3.8, 4) is 11.5 Å². The van der Waals surface area contributed by atoms with Crippen LogP contribution in [-0.2, 0) is 9.84 Å². The molecule has 0 fully saturated rings. The Bertz CT molecular complexity index is 1460. The Hall–Kier alpha value is -2.98. The quantitative estimate of drug-likeness (QED) is 0.240. The zero-order valence-electron chi connectivity index (χ0n) is 21.0. The van der Waals surface area contributed by atoms with Gasteiger partial charge in [-0.05, 0) is 61.6 Å². The molecule has 0 spiro atoms. The molecule has 0 aliphatic heterocycles. The lowest BCUT2D eigenvalue weighted by molar-refractivity contribution is 0.0983. The first-order chi connectivity index (χ1) is 17.3. The number of anilines is 1. The molecule has 4 aromatic rings. The normalized spacial score (nSPS) is 11.4. The topological polar surface area (TPSA) is 79.8 Å². The highest BCUT2D eigenvalue weighted by Gasteiger charge is 2.23. The number of carbonyl (C=O) groups excluding carboxylic acids is 1. The van der Waals surface area contributed by atoms with Gasteiger partial charge >= 0.3 is 0 Å². The predicted octanol–water partition coefficient (Wildman–Crippen LogP) is 5.90. The minimum absolute atomic E-state index is 0. The molecule has 0 aliphatic rings. The zero-order chi connectivity index (χ0) is 25.7. The number of halogens is 1. The highest BCUT2D eigenvalue weighted by Crippen LogP contribution is 2.32. The molecule has 1 aromatic heterocycles. The Morgan fingerprint density at radius 1 is 0.919 bits per heavy atom. The SMILES string of the molecule is CCN(CC)CCN(C(=O)c1cccc(Oc2ccccc2)c1)c1nc2ccc(S(C)(=O)=O)cc2s1.Cl. The minimum atomic E-state index is -3.35. The number of nitrogens with zero attached hydrogens (tertiary/aromatic N) is 3. The highest BCUT2D eigenvalue weighted by atomic mass is 35.5. The van der Waals surface area contributed by atoms with Crippen molar-refractivity contribution in [3.05, 3.63) is 78.4 Å². The van der Waals surface area contributed by atoms with Gasteiger partial charge in [0.2, 0.25) is 0 Å². The van der Waals surface area contributed by atoms with E-state index in [1.54, 1.807) is 41.3 Å². The molecule has 10 heteroatoms. The van der Waals surface area contributed by atoms with Crippen LogP contribution in [0.25, 0.3) is 10.2 Å². The Morgan fingerprint density at radius 2 is 1.62 bits per heavy atom. The van der Waals surface area contributed by atoms with Gasteiger partial charge in [0.25, 0.3) is 5.91 Å². The van der Waals surface area contributed by atoms with Crippen LogP contribution in [0.2, 0.25) is 0 Å². The second-order valence-corrected chi connectivity index (χ2v) is 11.3. The number of hydrogen-bond acceptors (Lipinski definition) is 7. The van der Waals surface area contributed by atoms with Crippen molar-refractivity contribution in [1.29, 1.82) is 0 Å². The fourth-order valence-electron chi connectivity index (χ4n) is 3.78. The van der Waals surface area contributed by atoms with E-state index in [4.69, 9.17) is 4.74 Å². The summed E-state index contributed by atoms with van der Waals surface area (Å²) in [5.74, 6) is 1.06. The van der Waals surface area contributed by atoms with Gasteiger partial charge in [0.1, 0.15) is 11.5 Å². The number of aromatic nitrogens is 1. The molecule has 0 atom stereocenters. The van der Waals surface area contributed by atoms with E-state index in [1.165, 1.54) is 17.6 Å². The van der Waals surface area contributed by atoms with Crippen LogP contribution in [0.3, 0.4) is 0 Å². The molecular weight excluding hydrogens is 530 g/mol. The summed E-state index contributed by atoms with van der Waals surface area (Å²) < 4.78 is 30.7. The fraction of sp³-hybridized carbons (Fsp3) is 0.259. The van der Waals surface area contributed by atoms with Gasteiger partial charge in [-0.15, -0.1) is 12.4 Å². The van der Waals surface area contributed by atoms with Crippen molar-refractivity contribution >= 4 is 54.8 Å². The minimum Gasteiger partial charge on any atom is -0.457 e. The Morgan fingerprint density at radius 3 is 2.30 bits per heavy atom. The average Bonchev–Trinajstić information content (AvgIpc) is 3.30. The zero-order valence-corrected chi connectivity index (χ0v) is 23.4. The maximum atomic E-state index is 13.8. The van der Waals surface area contributed by atoms with Gasteiger partial charge in [0, 0.05) is 24.9 Å². The van der Waals surface area contributed by atoms with E-state index in [9.17, 15) is 13.2 Å². The smallest absolute Gasteiger partial charge is 0.260 e. The monoisotopic (exact) mass is 559 g/mol. The fourth-order valence-corrected chi connectivity index (χ4v) is 5.53. The summed E-state index contributed by atoms with van der Waals surface area (Å²) in [4.78, 5) is 22.6. The van der Waals surface area contributed by atoms with E-state index in [0.29, 0.717) is 40.8 Å². The van der Waals surface area contributed by atoms with E-state index < -0.39 is 9.84 Å². The third-order valence-corrected chi connectivity index (χ3v) is 8.00. The lowest BCUT2D eigenvalue weighted by atomic mass is 10.2. The second kappa shape index (κ2) is 12.5. The maximum absolute atomic E-state index is 13.8. The standard InChI is InChI=1S/C27H29N3O4S2.ClH/c1-4-29(5-2)16-17-30(27-28-24-15-14-23(36(3,32)33)19-25(24)35-27)26(31)20-10-9-13-22(18-20)34-21-11-7-6-8-12-21;/h6-15,18-19H,4-5,16-17H2,1-3H3;1H. The molecule has 0 radical (unpaired) electrons. The van der Waals surface area contributed by atoms with E-state index in [1.807, 2.05) is 36.4 Å². The molecular formula is C27H30ClN3O4S2. The lowest BCUT2D eigenvalue weighted by Crippen LogP contribution is -2.38. The summed E-state index contributed by atoms with van der Waals surface area (Å²) in [5.41, 5.74) is 1.14. The van der Waals surface area contributed by atoms with Crippen molar-refractivity contribution in [3.63, 3.8) is 0 Å². The highest BCUT2D eigenvalue weighted by molar-refractivity contribution is 7.90. The van der Waals surface area contributed by atoms with Crippen molar-refractivity contribution in [1.82, 2.24) is 9.88 Å². The van der Waals surface area contributed by atoms with E-state index in [-0.39, 0.29) is 23.2 Å². The second-order valence-electron chi connectivity index (χ2n) is 8.32. The van der Waals surface area contributed by atoms with Gasteiger partial charge in [0.15, 0.2) is 15.0 Å². The van der Waals surface area contributed by atoms with E-state index in [0.717, 1.165) is 17.8 Å². The number of hydrogen-bond donors (Lipinski definition) is 0. The molecule has 0 bridgehead atoms. The molecule has 0 saturated heterocycles. The molecule has 7 nitrogen and oxygen atoms in total. The third-order valence-electron chi connectivity index (χ3n) is 5.85. The predicted molar refractivity (Wildman–Crippen MR) is 152 cm³/mol. The van der Waals surface area contributed by atoms with Crippen LogP contribution in [0, 0.1) is 0 Å². The molecule has 1 heterocycles. The number of thiazole rings is 1. The van der Waals surface area contributed by atoms with Crippen molar-refractivity contribution in [2.24, 2.45) is 0 Å². The number of ether oxygens (including phenoxy) is 1. The number of likely N-dealkylation sites (N-methyl/N-ethyl adjacent to an activating group) is 1. The van der Waals surface area contributed by atoms with Gasteiger partial charge in [-0.1, -0.05) is 49.4 Å². The molecule has 196 valence electrons. The number of amides is 1. The van der Waals surface area contributed by atoms with Crippen LogP contribution in [0.1, 0.15) is 24.2 Å². The summed E-state index contributed by atoms with van der Waals surface area (Å²) >= 11 is 1.31. The summed E-state index contributed by atoms with van der Waals surface area (Å²) in [7, 11) is -3.35. The van der Waals surface area contributed by atoms with Crippen LogP contribution in [0.4, 0.5) is 5.13 Å². The van der Waals surface area contributed by atoms with Crippen LogP contribution in [-0.4, -0.2) is 56.6 Å². The number of sulfone groups is 1. The summed E-state index contributed by atoms with van der Waals surface area (Å²) in [6.07, 6.45) is 1.18. The first kappa shape index (κ1) is 28.6. The van der Waals surface area contributed by atoms with Gasteiger partial charge in [0.05, 0.1) is 15.1 Å². The van der Waals surface area contributed by atoms with Crippen LogP contribution in [0.15, 0.2) is 77.7 Å².